The number of halogens is 1. The highest BCUT2D eigenvalue weighted by molar-refractivity contribution is 5.97. The molecule has 140 valence electrons. The first-order chi connectivity index (χ1) is 11.6. The van der Waals surface area contributed by atoms with Gasteiger partial charge in [0, 0.05) is 11.6 Å². The van der Waals surface area contributed by atoms with Crippen molar-refractivity contribution < 1.29 is 14.3 Å². The molecule has 0 aromatic heterocycles. The Morgan fingerprint density at radius 2 is 1.84 bits per heavy atom. The maximum absolute atomic E-state index is 13.2. The summed E-state index contributed by atoms with van der Waals surface area (Å²) < 4.78 is 5.04. The van der Waals surface area contributed by atoms with E-state index in [2.05, 4.69) is 5.32 Å². The van der Waals surface area contributed by atoms with E-state index in [1.165, 1.54) is 7.11 Å². The van der Waals surface area contributed by atoms with Gasteiger partial charge in [0.1, 0.15) is 6.04 Å². The van der Waals surface area contributed by atoms with Gasteiger partial charge in [-0.05, 0) is 44.0 Å². The summed E-state index contributed by atoms with van der Waals surface area (Å²) in [7, 11) is 1.39. The van der Waals surface area contributed by atoms with Gasteiger partial charge in [-0.2, -0.15) is 0 Å². The third kappa shape index (κ3) is 5.19. The molecule has 1 saturated heterocycles. The molecule has 0 unspecified atom stereocenters. The molecule has 2 rings (SSSR count). The molecule has 1 aliphatic heterocycles. The zero-order valence-electron chi connectivity index (χ0n) is 15.2. The van der Waals surface area contributed by atoms with E-state index in [1.54, 1.807) is 17.0 Å². The highest BCUT2D eigenvalue weighted by atomic mass is 35.5. The summed E-state index contributed by atoms with van der Waals surface area (Å²) in [6.07, 6.45) is 2.51. The average Bonchev–Trinajstić information content (AvgIpc) is 2.65. The standard InChI is InChI=1S/C19H28N2O3.ClH/c1-4-14(2)17(19(23)24-3)21(16-10-12-20-13-11-16)18(22)15-8-6-5-7-9-15;/h5-9,14,16-17,20H,4,10-13H2,1-3H3;1H/t14-,17-;/m0./s1. The summed E-state index contributed by atoms with van der Waals surface area (Å²) in [6, 6.07) is 8.71. The van der Waals surface area contributed by atoms with Gasteiger partial charge in [-0.1, -0.05) is 38.5 Å². The van der Waals surface area contributed by atoms with Crippen molar-refractivity contribution in [1.82, 2.24) is 10.2 Å². The predicted molar refractivity (Wildman–Crippen MR) is 101 cm³/mol. The minimum absolute atomic E-state index is 0. The fourth-order valence-electron chi connectivity index (χ4n) is 3.30. The van der Waals surface area contributed by atoms with Gasteiger partial charge in [0.05, 0.1) is 7.11 Å². The quantitative estimate of drug-likeness (QED) is 0.784. The Balaban J connectivity index is 0.00000312. The molecule has 0 bridgehead atoms. The number of carbonyl (C=O) groups is 2. The first kappa shape index (κ1) is 21.5. The monoisotopic (exact) mass is 368 g/mol. The molecular weight excluding hydrogens is 340 g/mol. The van der Waals surface area contributed by atoms with E-state index in [-0.39, 0.29) is 36.2 Å². The molecule has 1 heterocycles. The van der Waals surface area contributed by atoms with Crippen LogP contribution in [0.3, 0.4) is 0 Å². The number of methoxy groups -OCH3 is 1. The summed E-state index contributed by atoms with van der Waals surface area (Å²) in [5, 5.41) is 3.32. The van der Waals surface area contributed by atoms with Crippen molar-refractivity contribution >= 4 is 24.3 Å². The summed E-state index contributed by atoms with van der Waals surface area (Å²) in [6.45, 7) is 5.76. The molecule has 1 aliphatic rings. The Hall–Kier alpha value is -1.59. The van der Waals surface area contributed by atoms with E-state index in [4.69, 9.17) is 4.74 Å². The number of amides is 1. The molecule has 0 aliphatic carbocycles. The van der Waals surface area contributed by atoms with Gasteiger partial charge >= 0.3 is 5.97 Å². The van der Waals surface area contributed by atoms with E-state index < -0.39 is 6.04 Å². The first-order valence-corrected chi connectivity index (χ1v) is 8.76. The van der Waals surface area contributed by atoms with Crippen molar-refractivity contribution in [3.63, 3.8) is 0 Å². The molecule has 1 aromatic carbocycles. The van der Waals surface area contributed by atoms with E-state index in [1.807, 2.05) is 32.0 Å². The molecule has 6 heteroatoms. The first-order valence-electron chi connectivity index (χ1n) is 8.76. The second-order valence-electron chi connectivity index (χ2n) is 6.41. The van der Waals surface area contributed by atoms with Gasteiger partial charge in [-0.15, -0.1) is 12.4 Å². The van der Waals surface area contributed by atoms with Gasteiger partial charge in [0.25, 0.3) is 5.91 Å². The van der Waals surface area contributed by atoms with Crippen LogP contribution in [0.2, 0.25) is 0 Å². The molecule has 1 fully saturated rings. The molecule has 0 radical (unpaired) electrons. The van der Waals surface area contributed by atoms with Crippen molar-refractivity contribution in [3.05, 3.63) is 35.9 Å². The smallest absolute Gasteiger partial charge is 0.328 e. The molecular formula is C19H29ClN2O3. The Bertz CT molecular complexity index is 547. The molecule has 0 spiro atoms. The number of hydrogen-bond acceptors (Lipinski definition) is 4. The van der Waals surface area contributed by atoms with Crippen molar-refractivity contribution in [1.29, 1.82) is 0 Å². The Morgan fingerprint density at radius 3 is 2.36 bits per heavy atom. The number of nitrogens with one attached hydrogen (secondary N) is 1. The second-order valence-corrected chi connectivity index (χ2v) is 6.41. The number of piperidine rings is 1. The van der Waals surface area contributed by atoms with Gasteiger partial charge in [-0.3, -0.25) is 4.79 Å². The number of rotatable bonds is 6. The number of carbonyl (C=O) groups excluding carboxylic acids is 2. The van der Waals surface area contributed by atoms with Crippen molar-refractivity contribution in [2.45, 2.75) is 45.2 Å². The minimum Gasteiger partial charge on any atom is -0.467 e. The Morgan fingerprint density at radius 1 is 1.24 bits per heavy atom. The van der Waals surface area contributed by atoms with Gasteiger partial charge in [0.2, 0.25) is 0 Å². The van der Waals surface area contributed by atoms with E-state index >= 15 is 0 Å². The zero-order chi connectivity index (χ0) is 17.5. The van der Waals surface area contributed by atoms with Crippen LogP contribution in [0.15, 0.2) is 30.3 Å². The highest BCUT2D eigenvalue weighted by Gasteiger charge is 2.39. The van der Waals surface area contributed by atoms with Gasteiger partial charge in [0.15, 0.2) is 0 Å². The van der Waals surface area contributed by atoms with E-state index in [0.29, 0.717) is 5.56 Å². The molecule has 0 saturated carbocycles. The number of benzene rings is 1. The fraction of sp³-hybridized carbons (Fsp3) is 0.579. The maximum atomic E-state index is 13.2. The Kier molecular flexibility index (Phi) is 8.93. The molecule has 5 nitrogen and oxygen atoms in total. The lowest BCUT2D eigenvalue weighted by Crippen LogP contribution is -2.56. The van der Waals surface area contributed by atoms with Crippen molar-refractivity contribution in [3.8, 4) is 0 Å². The Labute approximate surface area is 156 Å². The lowest BCUT2D eigenvalue weighted by molar-refractivity contribution is -0.149. The fourth-order valence-corrected chi connectivity index (χ4v) is 3.30. The normalized spacial score (nSPS) is 17.1. The van der Waals surface area contributed by atoms with Crippen LogP contribution in [0, 0.1) is 5.92 Å². The minimum atomic E-state index is -0.546. The molecule has 1 N–H and O–H groups in total. The van der Waals surface area contributed by atoms with Crippen LogP contribution >= 0.6 is 12.4 Å². The summed E-state index contributed by atoms with van der Waals surface area (Å²) in [5.74, 6) is -0.370. The van der Waals surface area contributed by atoms with Crippen LogP contribution in [-0.2, 0) is 9.53 Å². The SMILES string of the molecule is CC[C@H](C)[C@@H](C(=O)OC)N(C(=O)c1ccccc1)C1CCNCC1.Cl. The number of esters is 1. The van der Waals surface area contributed by atoms with Crippen LogP contribution in [0.4, 0.5) is 0 Å². The lowest BCUT2D eigenvalue weighted by atomic mass is 9.92. The second kappa shape index (κ2) is 10.4. The third-order valence-electron chi connectivity index (χ3n) is 4.88. The van der Waals surface area contributed by atoms with Gasteiger partial charge < -0.3 is 15.0 Å². The van der Waals surface area contributed by atoms with E-state index in [0.717, 1.165) is 32.4 Å². The van der Waals surface area contributed by atoms with Crippen molar-refractivity contribution in [2.75, 3.05) is 20.2 Å². The van der Waals surface area contributed by atoms with Crippen molar-refractivity contribution in [2.24, 2.45) is 5.92 Å². The summed E-state index contributed by atoms with van der Waals surface area (Å²) in [5.41, 5.74) is 0.619. The van der Waals surface area contributed by atoms with Crippen LogP contribution in [0.5, 0.6) is 0 Å². The summed E-state index contributed by atoms with van der Waals surface area (Å²) >= 11 is 0. The third-order valence-corrected chi connectivity index (χ3v) is 4.88. The van der Waals surface area contributed by atoms with E-state index in [9.17, 15) is 9.59 Å². The largest absolute Gasteiger partial charge is 0.467 e. The van der Waals surface area contributed by atoms with Crippen LogP contribution in [0.1, 0.15) is 43.5 Å². The number of hydrogen-bond donors (Lipinski definition) is 1. The average molecular weight is 369 g/mol. The van der Waals surface area contributed by atoms with Crippen LogP contribution in [0.25, 0.3) is 0 Å². The van der Waals surface area contributed by atoms with Crippen LogP contribution in [-0.4, -0.2) is 49.1 Å². The highest BCUT2D eigenvalue weighted by Crippen LogP contribution is 2.25. The molecule has 2 atom stereocenters. The van der Waals surface area contributed by atoms with Gasteiger partial charge in [-0.25, -0.2) is 4.79 Å². The topological polar surface area (TPSA) is 58.6 Å². The number of nitrogens with zero attached hydrogens (tertiary/aromatic N) is 1. The lowest BCUT2D eigenvalue weighted by Gasteiger charge is -2.41. The predicted octanol–water partition coefficient (Wildman–Crippen LogP) is 2.89. The molecule has 25 heavy (non-hydrogen) atoms. The zero-order valence-corrected chi connectivity index (χ0v) is 16.1. The number of ether oxygens (including phenoxy) is 1. The summed E-state index contributed by atoms with van der Waals surface area (Å²) in [4.78, 5) is 27.5. The van der Waals surface area contributed by atoms with Crippen LogP contribution < -0.4 is 5.32 Å². The maximum Gasteiger partial charge on any atom is 0.328 e. The molecule has 1 amide bonds. The molecule has 1 aromatic rings.